The third kappa shape index (κ3) is 4.53. The van der Waals surface area contributed by atoms with Gasteiger partial charge in [0, 0.05) is 25.9 Å². The van der Waals surface area contributed by atoms with Crippen LogP contribution in [0.25, 0.3) is 17.2 Å². The number of carbonyl (C=O) groups is 1. The molecule has 0 saturated heterocycles. The third-order valence-corrected chi connectivity index (χ3v) is 4.72. The molecule has 1 amide bonds. The van der Waals surface area contributed by atoms with Gasteiger partial charge in [-0.25, -0.2) is 4.79 Å². The summed E-state index contributed by atoms with van der Waals surface area (Å²) in [6, 6.07) is 7.23. The van der Waals surface area contributed by atoms with Crippen LogP contribution in [-0.4, -0.2) is 36.4 Å². The van der Waals surface area contributed by atoms with E-state index < -0.39 is 11.2 Å². The molecular formula is C20H24N6O4. The molecule has 30 heavy (non-hydrogen) atoms. The second-order valence-electron chi connectivity index (χ2n) is 7.13. The van der Waals surface area contributed by atoms with E-state index >= 15 is 0 Å². The van der Waals surface area contributed by atoms with Crippen molar-refractivity contribution in [3.8, 4) is 17.2 Å². The van der Waals surface area contributed by atoms with Crippen LogP contribution in [0.2, 0.25) is 0 Å². The molecule has 10 heteroatoms. The zero-order valence-corrected chi connectivity index (χ0v) is 17.4. The first-order chi connectivity index (χ1) is 14.3. The fourth-order valence-corrected chi connectivity index (χ4v) is 2.69. The number of carbonyl (C=O) groups excluding carboxylic acids is 1. The SMILES string of the molecule is CC[C@@H](C)NC(=O)CCc1nc(-c2nn(-c3ccc(C)cc3)c(=O)n(C)c2=O)no1. The van der Waals surface area contributed by atoms with Gasteiger partial charge in [0.25, 0.3) is 5.56 Å². The van der Waals surface area contributed by atoms with Gasteiger partial charge in [0.05, 0.1) is 5.69 Å². The van der Waals surface area contributed by atoms with Crippen LogP contribution in [-0.2, 0) is 18.3 Å². The van der Waals surface area contributed by atoms with E-state index in [1.54, 1.807) is 12.1 Å². The summed E-state index contributed by atoms with van der Waals surface area (Å²) >= 11 is 0. The summed E-state index contributed by atoms with van der Waals surface area (Å²) in [5.41, 5.74) is 0.199. The highest BCUT2D eigenvalue weighted by Crippen LogP contribution is 2.11. The molecule has 0 bridgehead atoms. The molecule has 0 aliphatic heterocycles. The molecule has 0 radical (unpaired) electrons. The first-order valence-corrected chi connectivity index (χ1v) is 9.69. The van der Waals surface area contributed by atoms with Gasteiger partial charge in [0.2, 0.25) is 17.6 Å². The lowest BCUT2D eigenvalue weighted by atomic mass is 10.2. The Kier molecular flexibility index (Phi) is 6.24. The molecule has 158 valence electrons. The van der Waals surface area contributed by atoms with Crippen molar-refractivity contribution in [1.82, 2.24) is 29.8 Å². The first kappa shape index (κ1) is 21.2. The van der Waals surface area contributed by atoms with E-state index in [1.807, 2.05) is 32.9 Å². The molecule has 0 unspecified atom stereocenters. The first-order valence-electron chi connectivity index (χ1n) is 9.69. The molecule has 1 aromatic carbocycles. The van der Waals surface area contributed by atoms with Gasteiger partial charge in [0.15, 0.2) is 5.69 Å². The van der Waals surface area contributed by atoms with Gasteiger partial charge in [-0.2, -0.15) is 14.8 Å². The summed E-state index contributed by atoms with van der Waals surface area (Å²) in [5.74, 6) is 0.0566. The summed E-state index contributed by atoms with van der Waals surface area (Å²) < 4.78 is 7.23. The molecule has 2 heterocycles. The van der Waals surface area contributed by atoms with Gasteiger partial charge in [-0.15, -0.1) is 0 Å². The Hall–Kier alpha value is -3.56. The number of nitrogens with zero attached hydrogens (tertiary/aromatic N) is 5. The highest BCUT2D eigenvalue weighted by Gasteiger charge is 2.19. The topological polar surface area (TPSA) is 125 Å². The number of hydrogen-bond donors (Lipinski definition) is 1. The van der Waals surface area contributed by atoms with E-state index in [0.29, 0.717) is 5.69 Å². The van der Waals surface area contributed by atoms with Crippen LogP contribution >= 0.6 is 0 Å². The Morgan fingerprint density at radius 2 is 1.93 bits per heavy atom. The number of nitrogens with one attached hydrogen (secondary N) is 1. The zero-order valence-electron chi connectivity index (χ0n) is 17.4. The minimum Gasteiger partial charge on any atom is -0.354 e. The molecule has 3 aromatic rings. The molecule has 3 rings (SSSR count). The Labute approximate surface area is 172 Å². The van der Waals surface area contributed by atoms with Crippen molar-refractivity contribution < 1.29 is 9.32 Å². The van der Waals surface area contributed by atoms with Crippen LogP contribution < -0.4 is 16.6 Å². The predicted octanol–water partition coefficient (Wildman–Crippen LogP) is 1.14. The van der Waals surface area contributed by atoms with Gasteiger partial charge in [0.1, 0.15) is 0 Å². The van der Waals surface area contributed by atoms with Crippen molar-refractivity contribution in [1.29, 1.82) is 0 Å². The second-order valence-corrected chi connectivity index (χ2v) is 7.13. The summed E-state index contributed by atoms with van der Waals surface area (Å²) in [4.78, 5) is 41.2. The Morgan fingerprint density at radius 1 is 1.23 bits per heavy atom. The number of aryl methyl sites for hydroxylation is 2. The maximum Gasteiger partial charge on any atom is 0.351 e. The maximum atomic E-state index is 12.6. The van der Waals surface area contributed by atoms with E-state index in [2.05, 4.69) is 20.6 Å². The summed E-state index contributed by atoms with van der Waals surface area (Å²) in [7, 11) is 1.36. The maximum absolute atomic E-state index is 12.6. The van der Waals surface area contributed by atoms with Crippen molar-refractivity contribution in [2.24, 2.45) is 7.05 Å². The van der Waals surface area contributed by atoms with Crippen LogP contribution in [0, 0.1) is 6.92 Å². The van der Waals surface area contributed by atoms with E-state index in [9.17, 15) is 14.4 Å². The molecule has 2 aromatic heterocycles. The summed E-state index contributed by atoms with van der Waals surface area (Å²) in [5, 5.41) is 10.8. The zero-order chi connectivity index (χ0) is 21.8. The van der Waals surface area contributed by atoms with Gasteiger partial charge in [-0.3, -0.25) is 14.2 Å². The highest BCUT2D eigenvalue weighted by molar-refractivity contribution is 5.76. The average molecular weight is 412 g/mol. The van der Waals surface area contributed by atoms with Crippen LogP contribution in [0.15, 0.2) is 38.4 Å². The third-order valence-electron chi connectivity index (χ3n) is 4.72. The van der Waals surface area contributed by atoms with E-state index in [-0.39, 0.29) is 42.2 Å². The van der Waals surface area contributed by atoms with Gasteiger partial charge < -0.3 is 9.84 Å². The molecule has 0 aliphatic rings. The molecule has 0 fully saturated rings. The van der Waals surface area contributed by atoms with Gasteiger partial charge in [-0.05, 0) is 32.4 Å². The molecular weight excluding hydrogens is 388 g/mol. The van der Waals surface area contributed by atoms with Gasteiger partial charge >= 0.3 is 5.69 Å². The van der Waals surface area contributed by atoms with E-state index in [0.717, 1.165) is 21.2 Å². The minimum atomic E-state index is -0.634. The Balaban J connectivity index is 1.88. The van der Waals surface area contributed by atoms with Crippen molar-refractivity contribution in [3.05, 3.63) is 56.6 Å². The number of amides is 1. The standard InChI is InChI=1S/C20H24N6O4/c1-5-13(3)21-15(27)10-11-16-22-18(24-30-16)17-19(28)25(4)20(29)26(23-17)14-8-6-12(2)7-9-14/h6-9,13H,5,10-11H2,1-4H3,(H,21,27)/t13-/m1/s1. The monoisotopic (exact) mass is 412 g/mol. The fourth-order valence-electron chi connectivity index (χ4n) is 2.69. The molecule has 1 N–H and O–H groups in total. The molecule has 0 spiro atoms. The van der Waals surface area contributed by atoms with Gasteiger partial charge in [-0.1, -0.05) is 29.8 Å². The van der Waals surface area contributed by atoms with E-state index in [1.165, 1.54) is 7.05 Å². The van der Waals surface area contributed by atoms with Crippen molar-refractivity contribution in [2.45, 2.75) is 46.1 Å². The van der Waals surface area contributed by atoms with Crippen LogP contribution in [0.5, 0.6) is 0 Å². The average Bonchev–Trinajstić information content (AvgIpc) is 3.20. The predicted molar refractivity (Wildman–Crippen MR) is 109 cm³/mol. The summed E-state index contributed by atoms with van der Waals surface area (Å²) in [6.07, 6.45) is 1.25. The lowest BCUT2D eigenvalue weighted by Gasteiger charge is -2.10. The molecule has 0 aliphatic carbocycles. The highest BCUT2D eigenvalue weighted by atomic mass is 16.5. The quantitative estimate of drug-likeness (QED) is 0.617. The number of benzene rings is 1. The Morgan fingerprint density at radius 3 is 2.60 bits per heavy atom. The summed E-state index contributed by atoms with van der Waals surface area (Å²) in [6.45, 7) is 5.84. The molecule has 10 nitrogen and oxygen atoms in total. The fraction of sp³-hybridized carbons (Fsp3) is 0.400. The van der Waals surface area contributed by atoms with Crippen LogP contribution in [0.3, 0.4) is 0 Å². The Bertz CT molecular complexity index is 1160. The van der Waals surface area contributed by atoms with Crippen molar-refractivity contribution in [3.63, 3.8) is 0 Å². The van der Waals surface area contributed by atoms with Crippen molar-refractivity contribution in [2.75, 3.05) is 0 Å². The number of aromatic nitrogens is 5. The largest absolute Gasteiger partial charge is 0.354 e. The number of rotatable bonds is 7. The van der Waals surface area contributed by atoms with Crippen LogP contribution in [0.4, 0.5) is 0 Å². The smallest absolute Gasteiger partial charge is 0.351 e. The van der Waals surface area contributed by atoms with E-state index in [4.69, 9.17) is 4.52 Å². The normalized spacial score (nSPS) is 12.0. The number of hydrogen-bond acceptors (Lipinski definition) is 7. The molecule has 1 atom stereocenters. The molecule has 0 saturated carbocycles. The van der Waals surface area contributed by atoms with Crippen LogP contribution in [0.1, 0.15) is 38.1 Å². The lowest BCUT2D eigenvalue weighted by molar-refractivity contribution is -0.121. The lowest BCUT2D eigenvalue weighted by Crippen LogP contribution is -2.40. The van der Waals surface area contributed by atoms with Crippen molar-refractivity contribution >= 4 is 5.91 Å². The second kappa shape index (κ2) is 8.85. The minimum absolute atomic E-state index is 0.0335.